The van der Waals surface area contributed by atoms with Crippen molar-refractivity contribution in [1.29, 1.82) is 0 Å². The molecule has 5 rings (SSSR count). The number of aromatic nitrogens is 3. The molecule has 24 heteroatoms. The first kappa shape index (κ1) is 75.5. The van der Waals surface area contributed by atoms with E-state index in [-0.39, 0.29) is 118 Å². The summed E-state index contributed by atoms with van der Waals surface area (Å²) in [5, 5.41) is 5.02. The lowest BCUT2D eigenvalue weighted by Crippen LogP contribution is -2.41. The number of carbonyl (C=O) groups is 8. The van der Waals surface area contributed by atoms with Gasteiger partial charge in [-0.2, -0.15) is 4.57 Å². The number of alkyl carbamates (subject to hydrolysis) is 2. The predicted octanol–water partition coefficient (Wildman–Crippen LogP) is 9.20. The van der Waals surface area contributed by atoms with Crippen LogP contribution in [0.5, 0.6) is 0 Å². The van der Waals surface area contributed by atoms with E-state index < -0.39 is 23.4 Å². The minimum absolute atomic E-state index is 0. The summed E-state index contributed by atoms with van der Waals surface area (Å²) in [4.78, 5) is 97.1. The standard InChI is InChI=1S/C22H26N2O5.C11H14ClNO2.C11H13NO3.C6H4ClNO.C4H9NO2.3ClH/c1-3-28-21(26)12-11-20(25)19-10-7-13-24(15-19)16-29-22(27)23-17(2)14-18-8-5-4-6-9-18;1-9(13-11(14)15-8-12)7-10-5-3-2-4-6-10;1-2-15-11(14)6-5-10(13)9-4-3-7-12-8-9;7-6(9)5-1-3-8-4-2-5;1-2-7-4(6)3-5;;;/h4-10,13,15,17H,3,11-12,14,16H2,1-2H3;2-6,9H,7-8H2,1H3,(H,13,14);3-4,7-8H,2,5-6H2,1H3;1-4H;2-3,5H2,1H3;3*1H/p+1/t17-;9-;;;;;;/m00....../s1. The number of ether oxygens (including phenoxy) is 5. The van der Waals surface area contributed by atoms with Gasteiger partial charge < -0.3 is 40.1 Å². The Labute approximate surface area is 484 Å². The zero-order valence-electron chi connectivity index (χ0n) is 44.0. The zero-order valence-corrected chi connectivity index (χ0v) is 48.0. The number of nitrogens with one attached hydrogen (secondary N) is 2. The van der Waals surface area contributed by atoms with Crippen LogP contribution in [0.15, 0.2) is 134 Å². The van der Waals surface area contributed by atoms with Crippen LogP contribution in [0.25, 0.3) is 0 Å². The summed E-state index contributed by atoms with van der Waals surface area (Å²) in [5.74, 6) is -1.34. The van der Waals surface area contributed by atoms with Crippen LogP contribution in [0.1, 0.15) is 103 Å². The van der Waals surface area contributed by atoms with Crippen molar-refractivity contribution in [2.75, 3.05) is 32.4 Å². The lowest BCUT2D eigenvalue weighted by Gasteiger charge is -2.13. The van der Waals surface area contributed by atoms with Crippen LogP contribution in [0.2, 0.25) is 0 Å². The highest BCUT2D eigenvalue weighted by Gasteiger charge is 2.16. The van der Waals surface area contributed by atoms with Crippen LogP contribution in [0.4, 0.5) is 9.59 Å². The van der Waals surface area contributed by atoms with E-state index in [1.807, 2.05) is 74.5 Å². The Bertz CT molecular complexity index is 2460. The molecular formula is C54H70Cl5N6O13+. The van der Waals surface area contributed by atoms with Crippen LogP contribution in [0.3, 0.4) is 0 Å². The highest BCUT2D eigenvalue weighted by molar-refractivity contribution is 6.67. The third-order valence-corrected chi connectivity index (χ3v) is 9.62. The topological polar surface area (TPSA) is 262 Å². The summed E-state index contributed by atoms with van der Waals surface area (Å²) in [7, 11) is 0. The average molecular weight is 1190 g/mol. The minimum Gasteiger partial charge on any atom is -0.466 e. The van der Waals surface area contributed by atoms with E-state index in [4.69, 9.17) is 43.1 Å². The lowest BCUT2D eigenvalue weighted by molar-refractivity contribution is -0.727. The first-order chi connectivity index (χ1) is 36.0. The molecule has 78 heavy (non-hydrogen) atoms. The van der Waals surface area contributed by atoms with Gasteiger partial charge in [-0.25, -0.2) is 9.59 Å². The number of amides is 2. The molecule has 0 aliphatic rings. The second kappa shape index (κ2) is 47.5. The Morgan fingerprint density at radius 2 is 1.01 bits per heavy atom. The molecule has 4 N–H and O–H groups in total. The molecule has 0 fully saturated rings. The maximum atomic E-state index is 12.2. The van der Waals surface area contributed by atoms with Gasteiger partial charge in [0.1, 0.15) is 0 Å². The monoisotopic (exact) mass is 1190 g/mol. The third kappa shape index (κ3) is 37.9. The molecule has 5 aromatic rings. The van der Waals surface area contributed by atoms with Gasteiger partial charge in [-0.3, -0.25) is 38.7 Å². The molecule has 0 aliphatic heterocycles. The molecule has 3 heterocycles. The first-order valence-electron chi connectivity index (χ1n) is 23.8. The number of ketones is 2. The van der Waals surface area contributed by atoms with Gasteiger partial charge >= 0.3 is 30.1 Å². The number of hydrogen-bond acceptors (Lipinski definition) is 16. The Balaban J connectivity index is -0.000000978. The molecule has 0 unspecified atom stereocenters. The highest BCUT2D eigenvalue weighted by Crippen LogP contribution is 2.07. The molecular weight excluding hydrogens is 1120 g/mol. The summed E-state index contributed by atoms with van der Waals surface area (Å²) < 4.78 is 25.4. The van der Waals surface area contributed by atoms with E-state index >= 15 is 0 Å². The summed E-state index contributed by atoms with van der Waals surface area (Å²) in [6, 6.07) is 29.5. The minimum atomic E-state index is -0.528. The number of rotatable bonds is 22. The summed E-state index contributed by atoms with van der Waals surface area (Å²) >= 11 is 10.4. The van der Waals surface area contributed by atoms with Gasteiger partial charge in [-0.15, -0.1) is 37.2 Å². The lowest BCUT2D eigenvalue weighted by atomic mass is 10.1. The van der Waals surface area contributed by atoms with Gasteiger partial charge in [0, 0.05) is 66.9 Å². The SMILES string of the molecule is CCOC(=O)CCC(=O)c1ccc[n+](COC(=O)N[C@@H](C)Cc2ccccc2)c1.CCOC(=O)CCC(=O)c1cccnc1.CCOC(=O)CN.C[C@@H](Cc1ccccc1)NC(=O)OCCl.Cl.Cl.Cl.O=C(Cl)c1ccncc1. The van der Waals surface area contributed by atoms with Crippen molar-refractivity contribution < 1.29 is 66.6 Å². The van der Waals surface area contributed by atoms with E-state index in [1.54, 1.807) is 80.3 Å². The normalized spacial score (nSPS) is 10.2. The van der Waals surface area contributed by atoms with Crippen molar-refractivity contribution in [3.05, 3.63) is 162 Å². The Morgan fingerprint density at radius 3 is 1.42 bits per heavy atom. The van der Waals surface area contributed by atoms with Crippen molar-refractivity contribution in [2.45, 2.75) is 92.0 Å². The van der Waals surface area contributed by atoms with Crippen molar-refractivity contribution in [3.63, 3.8) is 0 Å². The molecule has 0 saturated carbocycles. The molecule has 0 bridgehead atoms. The number of hydrogen-bond donors (Lipinski definition) is 3. The molecule has 428 valence electrons. The number of carbonyl (C=O) groups excluding carboxylic acids is 8. The van der Waals surface area contributed by atoms with Gasteiger partial charge in [0.2, 0.25) is 0 Å². The fraction of sp³-hybridized carbons (Fsp3) is 0.352. The number of alkyl halides is 1. The quantitative estimate of drug-likeness (QED) is 0.0146. The van der Waals surface area contributed by atoms with Crippen LogP contribution in [-0.4, -0.2) is 101 Å². The second-order valence-electron chi connectivity index (χ2n) is 15.4. The molecule has 0 spiro atoms. The van der Waals surface area contributed by atoms with Crippen LogP contribution in [0, 0.1) is 0 Å². The zero-order chi connectivity index (χ0) is 55.6. The predicted molar refractivity (Wildman–Crippen MR) is 302 cm³/mol. The van der Waals surface area contributed by atoms with Crippen molar-refractivity contribution >= 4 is 107 Å². The van der Waals surface area contributed by atoms with Crippen molar-refractivity contribution in [3.8, 4) is 0 Å². The summed E-state index contributed by atoms with van der Waals surface area (Å²) in [5.41, 5.74) is 8.64. The molecule has 2 aromatic carbocycles. The molecule has 3 aromatic heterocycles. The Kier molecular flexibility index (Phi) is 45.9. The van der Waals surface area contributed by atoms with Gasteiger partial charge in [-0.05, 0) is 101 Å². The van der Waals surface area contributed by atoms with Crippen LogP contribution < -0.4 is 20.9 Å². The second-order valence-corrected chi connectivity index (χ2v) is 16.0. The maximum Gasteiger partial charge on any atom is 0.412 e. The van der Waals surface area contributed by atoms with Gasteiger partial charge in [0.05, 0.1) is 44.8 Å². The van der Waals surface area contributed by atoms with Crippen LogP contribution in [-0.2, 0) is 57.6 Å². The largest absolute Gasteiger partial charge is 0.466 e. The third-order valence-electron chi connectivity index (χ3n) is 9.29. The molecule has 0 radical (unpaired) electrons. The van der Waals surface area contributed by atoms with Crippen molar-refractivity contribution in [2.24, 2.45) is 5.73 Å². The molecule has 0 aliphatic carbocycles. The highest BCUT2D eigenvalue weighted by atomic mass is 35.5. The van der Waals surface area contributed by atoms with Crippen LogP contribution >= 0.6 is 60.4 Å². The number of pyridine rings is 3. The maximum absolute atomic E-state index is 12.2. The number of esters is 3. The Hall–Kier alpha value is -6.74. The van der Waals surface area contributed by atoms with Gasteiger partial charge in [0.15, 0.2) is 30.0 Å². The smallest absolute Gasteiger partial charge is 0.412 e. The van der Waals surface area contributed by atoms with E-state index in [1.165, 1.54) is 24.2 Å². The number of halogens is 5. The first-order valence-corrected chi connectivity index (χ1v) is 24.7. The summed E-state index contributed by atoms with van der Waals surface area (Å²) in [6.45, 7) is 10.0. The van der Waals surface area contributed by atoms with E-state index in [0.29, 0.717) is 42.9 Å². The fourth-order valence-electron chi connectivity index (χ4n) is 5.89. The number of nitrogens with zero attached hydrogens (tertiary/aromatic N) is 3. The molecule has 2 amide bonds. The van der Waals surface area contributed by atoms with Gasteiger partial charge in [-0.1, -0.05) is 72.3 Å². The molecule has 0 saturated heterocycles. The van der Waals surface area contributed by atoms with E-state index in [0.717, 1.165) is 12.0 Å². The number of nitrogens with two attached hydrogens (primary N) is 1. The van der Waals surface area contributed by atoms with Gasteiger partial charge in [0.25, 0.3) is 12.0 Å². The average Bonchev–Trinajstić information content (AvgIpc) is 3.41. The number of benzene rings is 2. The van der Waals surface area contributed by atoms with E-state index in [9.17, 15) is 38.4 Å². The molecule has 19 nitrogen and oxygen atoms in total. The van der Waals surface area contributed by atoms with Crippen molar-refractivity contribution in [1.82, 2.24) is 20.6 Å². The Morgan fingerprint density at radius 1 is 0.551 bits per heavy atom. The summed E-state index contributed by atoms with van der Waals surface area (Å²) in [6.07, 6.45) is 10.3. The number of Topliss-reactive ketones (excluding diaryl/α,β-unsaturated/α-hetero) is 2. The molecule has 2 atom stereocenters. The van der Waals surface area contributed by atoms with E-state index in [2.05, 4.69) is 30.1 Å². The fourth-order valence-corrected chi connectivity index (χ4v) is 6.11.